The summed E-state index contributed by atoms with van der Waals surface area (Å²) in [5.74, 6) is 0.399. The van der Waals surface area contributed by atoms with Gasteiger partial charge in [-0.3, -0.25) is 10.1 Å². The molecule has 6 nitrogen and oxygen atoms in total. The highest BCUT2D eigenvalue weighted by Crippen LogP contribution is 2.30. The van der Waals surface area contributed by atoms with Gasteiger partial charge in [-0.05, 0) is 19.1 Å². The van der Waals surface area contributed by atoms with Gasteiger partial charge in [0, 0.05) is 12.1 Å². The molecule has 0 aliphatic heterocycles. The third kappa shape index (κ3) is 2.84. The van der Waals surface area contributed by atoms with Crippen LogP contribution < -0.4 is 4.74 Å². The molecule has 0 bridgehead atoms. The van der Waals surface area contributed by atoms with Crippen LogP contribution in [0.25, 0.3) is 0 Å². The molecule has 1 aromatic heterocycles. The van der Waals surface area contributed by atoms with E-state index in [2.05, 4.69) is 4.98 Å². The number of nitro groups is 1. The Bertz CT molecular complexity index is 725. The molecule has 0 spiro atoms. The number of nitriles is 1. The highest BCUT2D eigenvalue weighted by molar-refractivity contribution is 6.29. The maximum atomic E-state index is 10.9. The second-order valence-corrected chi connectivity index (χ2v) is 4.28. The largest absolute Gasteiger partial charge is 0.438 e. The van der Waals surface area contributed by atoms with Gasteiger partial charge in [0.1, 0.15) is 10.9 Å². The molecule has 0 aliphatic carbocycles. The summed E-state index contributed by atoms with van der Waals surface area (Å²) in [5, 5.41) is 19.8. The van der Waals surface area contributed by atoms with E-state index in [0.717, 1.165) is 0 Å². The maximum Gasteiger partial charge on any atom is 0.276 e. The number of halogens is 1. The fourth-order valence-electron chi connectivity index (χ4n) is 1.61. The van der Waals surface area contributed by atoms with Crippen LogP contribution in [0.1, 0.15) is 11.1 Å². The summed E-state index contributed by atoms with van der Waals surface area (Å²) in [5.41, 5.74) is 0.617. The molecule has 0 saturated heterocycles. The van der Waals surface area contributed by atoms with Crippen LogP contribution in [0.15, 0.2) is 30.3 Å². The van der Waals surface area contributed by atoms with Crippen LogP contribution >= 0.6 is 11.6 Å². The molecule has 7 heteroatoms. The van der Waals surface area contributed by atoms with E-state index in [9.17, 15) is 10.1 Å². The summed E-state index contributed by atoms with van der Waals surface area (Å²) in [6.07, 6.45) is 0. The van der Waals surface area contributed by atoms with Crippen molar-refractivity contribution >= 4 is 17.3 Å². The number of benzene rings is 1. The van der Waals surface area contributed by atoms with Crippen LogP contribution in [0.5, 0.6) is 11.6 Å². The molecule has 1 heterocycles. The molecule has 0 atom stereocenters. The lowest BCUT2D eigenvalue weighted by atomic mass is 10.2. The zero-order chi connectivity index (χ0) is 14.7. The minimum Gasteiger partial charge on any atom is -0.438 e. The van der Waals surface area contributed by atoms with Gasteiger partial charge in [0.2, 0.25) is 5.88 Å². The molecule has 1 aromatic carbocycles. The molecule has 0 saturated carbocycles. The Labute approximate surface area is 119 Å². The molecular formula is C13H8ClN3O3. The Morgan fingerprint density at radius 1 is 1.45 bits per heavy atom. The van der Waals surface area contributed by atoms with Crippen molar-refractivity contribution in [1.82, 2.24) is 4.98 Å². The van der Waals surface area contributed by atoms with Gasteiger partial charge in [-0.25, -0.2) is 4.98 Å². The third-order valence-corrected chi connectivity index (χ3v) is 2.76. The second-order valence-electron chi connectivity index (χ2n) is 3.89. The van der Waals surface area contributed by atoms with Crippen LogP contribution in [-0.4, -0.2) is 9.91 Å². The van der Waals surface area contributed by atoms with Crippen molar-refractivity contribution in [1.29, 1.82) is 5.26 Å². The monoisotopic (exact) mass is 289 g/mol. The topological polar surface area (TPSA) is 89.0 Å². The summed E-state index contributed by atoms with van der Waals surface area (Å²) in [6, 6.07) is 9.20. The van der Waals surface area contributed by atoms with Crippen molar-refractivity contribution in [3.05, 3.63) is 56.7 Å². The van der Waals surface area contributed by atoms with E-state index in [1.807, 2.05) is 6.07 Å². The predicted molar refractivity (Wildman–Crippen MR) is 71.9 cm³/mol. The molecule has 100 valence electrons. The number of hydrogen-bond donors (Lipinski definition) is 0. The first-order valence-corrected chi connectivity index (χ1v) is 5.88. The Balaban J connectivity index is 2.41. The van der Waals surface area contributed by atoms with Gasteiger partial charge < -0.3 is 4.74 Å². The Morgan fingerprint density at radius 2 is 2.20 bits per heavy atom. The lowest BCUT2D eigenvalue weighted by Crippen LogP contribution is -1.96. The number of pyridine rings is 1. The fraction of sp³-hybridized carbons (Fsp3) is 0.0769. The number of aromatic nitrogens is 1. The molecule has 0 unspecified atom stereocenters. The van der Waals surface area contributed by atoms with Crippen molar-refractivity contribution in [2.24, 2.45) is 0 Å². The third-order valence-electron chi connectivity index (χ3n) is 2.57. The van der Waals surface area contributed by atoms with E-state index in [4.69, 9.17) is 21.6 Å². The van der Waals surface area contributed by atoms with Gasteiger partial charge >= 0.3 is 0 Å². The van der Waals surface area contributed by atoms with Crippen LogP contribution in [0.4, 0.5) is 5.69 Å². The summed E-state index contributed by atoms with van der Waals surface area (Å²) in [6.45, 7) is 1.57. The first-order chi connectivity index (χ1) is 9.51. The van der Waals surface area contributed by atoms with E-state index in [1.165, 1.54) is 24.3 Å². The van der Waals surface area contributed by atoms with Gasteiger partial charge in [-0.1, -0.05) is 17.7 Å². The van der Waals surface area contributed by atoms with Crippen molar-refractivity contribution in [3.63, 3.8) is 0 Å². The average molecular weight is 290 g/mol. The van der Waals surface area contributed by atoms with E-state index in [1.54, 1.807) is 13.0 Å². The summed E-state index contributed by atoms with van der Waals surface area (Å²) < 4.78 is 5.47. The standard InChI is InChI=1S/C13H8ClN3O3/c1-8-10(17(18)19)3-2-4-11(8)20-13-6-9(7-15)5-12(14)16-13/h2-6H,1H3. The number of nitro benzene ring substituents is 1. The second kappa shape index (κ2) is 5.55. The lowest BCUT2D eigenvalue weighted by Gasteiger charge is -2.08. The average Bonchev–Trinajstić information content (AvgIpc) is 2.40. The molecule has 0 aliphatic rings. The zero-order valence-electron chi connectivity index (χ0n) is 10.3. The highest BCUT2D eigenvalue weighted by atomic mass is 35.5. The van der Waals surface area contributed by atoms with Gasteiger partial charge in [0.05, 0.1) is 22.1 Å². The maximum absolute atomic E-state index is 10.9. The SMILES string of the molecule is Cc1c(Oc2cc(C#N)cc(Cl)n2)cccc1[N+](=O)[O-]. The van der Waals surface area contributed by atoms with E-state index in [-0.39, 0.29) is 22.5 Å². The Morgan fingerprint density at radius 3 is 2.85 bits per heavy atom. The van der Waals surface area contributed by atoms with Crippen molar-refractivity contribution in [3.8, 4) is 17.7 Å². The minimum absolute atomic E-state index is 0.0509. The van der Waals surface area contributed by atoms with Crippen LogP contribution in [0, 0.1) is 28.4 Å². The first-order valence-electron chi connectivity index (χ1n) is 5.51. The minimum atomic E-state index is -0.492. The molecule has 0 radical (unpaired) electrons. The molecule has 0 N–H and O–H groups in total. The predicted octanol–water partition coefficient (Wildman–Crippen LogP) is 3.62. The number of nitrogens with zero attached hydrogens (tertiary/aromatic N) is 3. The summed E-state index contributed by atoms with van der Waals surface area (Å²) >= 11 is 5.77. The van der Waals surface area contributed by atoms with Gasteiger partial charge in [0.15, 0.2) is 0 Å². The molecule has 0 fully saturated rings. The van der Waals surface area contributed by atoms with Gasteiger partial charge in [-0.2, -0.15) is 5.26 Å². The molecule has 0 amide bonds. The molecule has 2 rings (SSSR count). The fourth-order valence-corrected chi connectivity index (χ4v) is 1.81. The van der Waals surface area contributed by atoms with Crippen LogP contribution in [-0.2, 0) is 0 Å². The molecular weight excluding hydrogens is 282 g/mol. The van der Waals surface area contributed by atoms with E-state index in [0.29, 0.717) is 11.1 Å². The Kier molecular flexibility index (Phi) is 3.82. The zero-order valence-corrected chi connectivity index (χ0v) is 11.1. The van der Waals surface area contributed by atoms with Crippen LogP contribution in [0.3, 0.4) is 0 Å². The first kappa shape index (κ1) is 13.8. The smallest absolute Gasteiger partial charge is 0.276 e. The number of hydrogen-bond acceptors (Lipinski definition) is 5. The number of rotatable bonds is 3. The van der Waals surface area contributed by atoms with Crippen LogP contribution in [0.2, 0.25) is 5.15 Å². The molecule has 20 heavy (non-hydrogen) atoms. The summed E-state index contributed by atoms with van der Waals surface area (Å²) in [7, 11) is 0. The van der Waals surface area contributed by atoms with E-state index < -0.39 is 4.92 Å². The van der Waals surface area contributed by atoms with Gasteiger partial charge in [-0.15, -0.1) is 0 Å². The van der Waals surface area contributed by atoms with Gasteiger partial charge in [0.25, 0.3) is 5.69 Å². The Hall–Kier alpha value is -2.65. The molecule has 2 aromatic rings. The highest BCUT2D eigenvalue weighted by Gasteiger charge is 2.15. The quantitative estimate of drug-likeness (QED) is 0.489. The van der Waals surface area contributed by atoms with Crippen molar-refractivity contribution in [2.75, 3.05) is 0 Å². The number of ether oxygens (including phenoxy) is 1. The van der Waals surface area contributed by atoms with E-state index >= 15 is 0 Å². The normalized spacial score (nSPS) is 9.85. The summed E-state index contributed by atoms with van der Waals surface area (Å²) in [4.78, 5) is 14.3. The van der Waals surface area contributed by atoms with Crippen molar-refractivity contribution < 1.29 is 9.66 Å². The van der Waals surface area contributed by atoms with Crippen molar-refractivity contribution in [2.45, 2.75) is 6.92 Å². The lowest BCUT2D eigenvalue weighted by molar-refractivity contribution is -0.385.